The van der Waals surface area contributed by atoms with Crippen molar-refractivity contribution in [2.75, 3.05) is 0 Å². The van der Waals surface area contributed by atoms with E-state index < -0.39 is 0 Å². The second kappa shape index (κ2) is 19.1. The molecule has 0 rings (SSSR count). The van der Waals surface area contributed by atoms with Crippen LogP contribution in [-0.4, -0.2) is 0 Å². The fraction of sp³-hybridized carbons (Fsp3) is 0. The van der Waals surface area contributed by atoms with Crippen molar-refractivity contribution in [2.45, 2.75) is 0 Å². The Hall–Kier alpha value is 2.17. The third kappa shape index (κ3) is 8.90. The second-order valence-corrected chi connectivity index (χ2v) is 0. The molecule has 0 amide bonds. The third-order valence-corrected chi connectivity index (χ3v) is 0. The van der Waals surface area contributed by atoms with Crippen LogP contribution in [0.2, 0.25) is 0 Å². The average molecular weight is 231 g/mol. The minimum absolute atomic E-state index is 0. The van der Waals surface area contributed by atoms with Gasteiger partial charge in [-0.15, -0.1) is 0 Å². The molecule has 0 aliphatic carbocycles. The molecule has 0 fully saturated rings. The maximum absolute atomic E-state index is 0. The average Bonchev–Trinajstić information content (AvgIpc) is 0. The summed E-state index contributed by atoms with van der Waals surface area (Å²) < 4.78 is 0. The molecule has 0 aromatic heterocycles. The van der Waals surface area contributed by atoms with Gasteiger partial charge >= 0.3 is 0 Å². The first kappa shape index (κ1) is 35.0. The Kier molecular flexibility index (Phi) is 167. The van der Waals surface area contributed by atoms with E-state index in [4.69, 9.17) is 0 Å². The van der Waals surface area contributed by atoms with Gasteiger partial charge in [0, 0.05) is 70.4 Å². The van der Waals surface area contributed by atoms with Gasteiger partial charge in [0.05, 0.1) is 0 Å². The molecule has 4 heavy (non-hydrogen) atoms. The van der Waals surface area contributed by atoms with Crippen molar-refractivity contribution in [3.63, 3.8) is 0 Å². The summed E-state index contributed by atoms with van der Waals surface area (Å²) in [5, 5.41) is 0. The van der Waals surface area contributed by atoms with Crippen LogP contribution in [0.5, 0.6) is 0 Å². The summed E-state index contributed by atoms with van der Waals surface area (Å²) in [7, 11) is 0. The van der Waals surface area contributed by atoms with Crippen LogP contribution in [-0.2, 0) is 70.4 Å². The molecular weight excluding hydrogens is 231 g/mol. The number of rotatable bonds is 0. The summed E-state index contributed by atoms with van der Waals surface area (Å²) in [5.41, 5.74) is 0. The van der Waals surface area contributed by atoms with E-state index >= 15 is 0 Å². The van der Waals surface area contributed by atoms with E-state index in [0.717, 1.165) is 0 Å². The van der Waals surface area contributed by atoms with Gasteiger partial charge in [-0.2, -0.15) is 0 Å². The van der Waals surface area contributed by atoms with Gasteiger partial charge in [0.1, 0.15) is 0 Å². The molecule has 0 bridgehead atoms. The van der Waals surface area contributed by atoms with Crippen molar-refractivity contribution in [1.82, 2.24) is 0 Å². The molecule has 0 saturated heterocycles. The predicted octanol–water partition coefficient (Wildman–Crippen LogP) is -0.0100. The number of hydrogen-bond acceptors (Lipinski definition) is 0. The van der Waals surface area contributed by atoms with Gasteiger partial charge in [-0.1, -0.05) is 0 Å². The second-order valence-electron chi connectivity index (χ2n) is 0. The van der Waals surface area contributed by atoms with E-state index in [-0.39, 0.29) is 70.4 Å². The van der Waals surface area contributed by atoms with Crippen LogP contribution in [0.3, 0.4) is 0 Å². The van der Waals surface area contributed by atoms with E-state index in [9.17, 15) is 0 Å². The molecule has 0 heterocycles. The molecule has 0 aliphatic rings. The molecule has 0 aromatic rings. The standard InChI is InChI=1S/Cr.Mn.Ni.Zn. The number of hydrogen-bond donors (Lipinski definition) is 0. The van der Waals surface area contributed by atoms with Crippen LogP contribution in [0.4, 0.5) is 0 Å². The largest absolute Gasteiger partial charge is 0 e. The Morgan fingerprint density at radius 1 is 1.00 bits per heavy atom. The molecule has 0 spiro atoms. The zero-order chi connectivity index (χ0) is 0. The van der Waals surface area contributed by atoms with E-state index in [1.54, 1.807) is 0 Å². The molecule has 25 valence electrons. The zero-order valence-corrected chi connectivity index (χ0v) is 8.22. The van der Waals surface area contributed by atoms with E-state index in [2.05, 4.69) is 0 Å². The smallest absolute Gasteiger partial charge is 0 e. The minimum Gasteiger partial charge on any atom is 0 e. The van der Waals surface area contributed by atoms with Crippen molar-refractivity contribution in [3.8, 4) is 0 Å². The summed E-state index contributed by atoms with van der Waals surface area (Å²) in [6.45, 7) is 0. The fourth-order valence-electron chi connectivity index (χ4n) is 0. The third-order valence-electron chi connectivity index (χ3n) is 0. The minimum atomic E-state index is 0. The Morgan fingerprint density at radius 2 is 1.00 bits per heavy atom. The van der Waals surface area contributed by atoms with Crippen LogP contribution in [0.25, 0.3) is 0 Å². The fourth-order valence-corrected chi connectivity index (χ4v) is 0. The summed E-state index contributed by atoms with van der Waals surface area (Å²) >= 11 is 0. The molecule has 0 aliphatic heterocycles. The summed E-state index contributed by atoms with van der Waals surface area (Å²) in [5.74, 6) is 0. The summed E-state index contributed by atoms with van der Waals surface area (Å²) in [6.07, 6.45) is 0. The van der Waals surface area contributed by atoms with Gasteiger partial charge in [0.25, 0.3) is 0 Å². The van der Waals surface area contributed by atoms with Crippen molar-refractivity contribution >= 4 is 0 Å². The normalized spacial score (nSPS) is 0. The van der Waals surface area contributed by atoms with Crippen molar-refractivity contribution in [3.05, 3.63) is 0 Å². The molecule has 0 N–H and O–H groups in total. The van der Waals surface area contributed by atoms with Gasteiger partial charge < -0.3 is 0 Å². The quantitative estimate of drug-likeness (QED) is 0.514. The molecule has 0 aromatic carbocycles. The maximum atomic E-state index is 0. The SMILES string of the molecule is [Cr].[Mn].[Ni].[Zn]. The van der Waals surface area contributed by atoms with E-state index in [1.807, 2.05) is 0 Å². The van der Waals surface area contributed by atoms with Gasteiger partial charge in [0.15, 0.2) is 0 Å². The molecule has 0 atom stereocenters. The van der Waals surface area contributed by atoms with Crippen LogP contribution < -0.4 is 0 Å². The van der Waals surface area contributed by atoms with Gasteiger partial charge in [-0.25, -0.2) is 0 Å². The topological polar surface area (TPSA) is 0 Å². The molecule has 0 nitrogen and oxygen atoms in total. The first-order valence-corrected chi connectivity index (χ1v) is 0. The summed E-state index contributed by atoms with van der Waals surface area (Å²) in [4.78, 5) is 0. The monoisotopic (exact) mass is 229 g/mol. The Bertz CT molecular complexity index is 8.00. The Morgan fingerprint density at radius 3 is 1.00 bits per heavy atom. The van der Waals surface area contributed by atoms with Crippen LogP contribution in [0.1, 0.15) is 0 Å². The van der Waals surface area contributed by atoms with E-state index in [0.29, 0.717) is 0 Å². The van der Waals surface area contributed by atoms with Crippen LogP contribution in [0.15, 0.2) is 0 Å². The van der Waals surface area contributed by atoms with Crippen LogP contribution >= 0.6 is 0 Å². The van der Waals surface area contributed by atoms with Gasteiger partial charge in [-0.3, -0.25) is 0 Å². The van der Waals surface area contributed by atoms with E-state index in [1.165, 1.54) is 0 Å². The van der Waals surface area contributed by atoms with Gasteiger partial charge in [-0.05, 0) is 0 Å². The molecule has 0 saturated carbocycles. The zero-order valence-electron chi connectivity index (χ0n) is 1.81. The summed E-state index contributed by atoms with van der Waals surface area (Å²) in [6, 6.07) is 0. The molecule has 1 radical (unpaired) electrons. The maximum Gasteiger partial charge on any atom is 0 e. The van der Waals surface area contributed by atoms with Crippen LogP contribution in [0, 0.1) is 0 Å². The van der Waals surface area contributed by atoms with Crippen molar-refractivity contribution < 1.29 is 70.4 Å². The van der Waals surface area contributed by atoms with Crippen molar-refractivity contribution in [1.29, 1.82) is 0 Å². The predicted molar refractivity (Wildman–Crippen MR) is 0 cm³/mol. The first-order chi connectivity index (χ1) is 0. The molecule has 0 unspecified atom stereocenters. The Labute approximate surface area is 69.8 Å². The molecule has 4 heteroatoms. The van der Waals surface area contributed by atoms with Crippen molar-refractivity contribution in [2.24, 2.45) is 0 Å². The van der Waals surface area contributed by atoms with Gasteiger partial charge in [0.2, 0.25) is 0 Å². The first-order valence-electron chi connectivity index (χ1n) is 0. The Balaban J connectivity index is 0. The molecular formula is CrMnNiZn.